The largest absolute Gasteiger partial charge is 0.451 e. The predicted octanol–water partition coefficient (Wildman–Crippen LogP) is 5.87. The van der Waals surface area contributed by atoms with Crippen molar-refractivity contribution < 1.29 is 19.1 Å². The summed E-state index contributed by atoms with van der Waals surface area (Å²) in [6.45, 7) is 0. The minimum atomic E-state index is -0.628. The van der Waals surface area contributed by atoms with Crippen LogP contribution < -0.4 is 20.2 Å². The van der Waals surface area contributed by atoms with Crippen molar-refractivity contribution in [3.63, 3.8) is 0 Å². The van der Waals surface area contributed by atoms with Gasteiger partial charge < -0.3 is 9.47 Å². The number of ether oxygens (including phenoxy) is 2. The number of hydrogen-bond donors (Lipinski definition) is 0. The average molecular weight is 480 g/mol. The highest BCUT2D eigenvalue weighted by molar-refractivity contribution is 6.68. The number of hydrogen-bond acceptors (Lipinski definition) is 6. The Balaban J connectivity index is 1.74. The van der Waals surface area contributed by atoms with E-state index in [0.717, 1.165) is 0 Å². The third-order valence-corrected chi connectivity index (χ3v) is 5.64. The van der Waals surface area contributed by atoms with E-state index in [0.29, 0.717) is 22.9 Å². The molecule has 0 aliphatic carbocycles. The van der Waals surface area contributed by atoms with Crippen molar-refractivity contribution in [1.82, 2.24) is 0 Å². The highest BCUT2D eigenvalue weighted by Gasteiger charge is 2.27. The minimum Gasteiger partial charge on any atom is -0.451 e. The average Bonchev–Trinajstić information content (AvgIpc) is 2.74. The third-order valence-electron chi connectivity index (χ3n) is 4.51. The quantitative estimate of drug-likeness (QED) is 0.297. The highest BCUT2D eigenvalue weighted by atomic mass is 35.5. The standard InChI is InChI=1S/C20H6Cl4N2O4/c21-13-15-17(29-11-5-7(19(23)27)1-3-9(11)25-15)14(22)16-18(13)30-12-6-8(20(24)28)2-4-10(12)26-16/h1-6H. The van der Waals surface area contributed by atoms with E-state index in [1.807, 2.05) is 0 Å². The Morgan fingerprint density at radius 2 is 1.10 bits per heavy atom. The first kappa shape index (κ1) is 19.3. The van der Waals surface area contributed by atoms with E-state index in [1.165, 1.54) is 24.3 Å². The summed E-state index contributed by atoms with van der Waals surface area (Å²) in [7, 11) is 0. The van der Waals surface area contributed by atoms with E-state index in [4.69, 9.17) is 55.9 Å². The SMILES string of the molecule is O=C(Cl)c1ccc2c(c1)Oc1c(Cl)c3c(c(Cl)c1=N2)Oc1cc(C(=O)Cl)ccc1N=3. The molecule has 0 bridgehead atoms. The van der Waals surface area contributed by atoms with E-state index in [9.17, 15) is 9.59 Å². The fourth-order valence-electron chi connectivity index (χ4n) is 3.09. The highest BCUT2D eigenvalue weighted by Crippen LogP contribution is 2.43. The summed E-state index contributed by atoms with van der Waals surface area (Å²) < 4.78 is 11.8. The molecule has 0 N–H and O–H groups in total. The van der Waals surface area contributed by atoms with Crippen LogP contribution in [0.15, 0.2) is 46.4 Å². The number of carbonyl (C=O) groups excluding carboxylic acids is 2. The van der Waals surface area contributed by atoms with Gasteiger partial charge in [0.05, 0.1) is 0 Å². The lowest BCUT2D eigenvalue weighted by molar-refractivity contribution is 0.107. The van der Waals surface area contributed by atoms with Crippen LogP contribution >= 0.6 is 46.4 Å². The summed E-state index contributed by atoms with van der Waals surface area (Å²) in [5.74, 6) is 0.953. The fraction of sp³-hybridized carbons (Fsp3) is 0. The van der Waals surface area contributed by atoms with E-state index < -0.39 is 10.5 Å². The number of benzene rings is 3. The minimum absolute atomic E-state index is 0.129. The van der Waals surface area contributed by atoms with Gasteiger partial charge in [0, 0.05) is 11.1 Å². The molecule has 2 heterocycles. The zero-order valence-corrected chi connectivity index (χ0v) is 17.5. The number of rotatable bonds is 2. The van der Waals surface area contributed by atoms with E-state index in [1.54, 1.807) is 12.1 Å². The lowest BCUT2D eigenvalue weighted by atomic mass is 10.1. The molecule has 30 heavy (non-hydrogen) atoms. The Labute approximate surface area is 188 Å². The molecule has 5 rings (SSSR count). The van der Waals surface area contributed by atoms with E-state index >= 15 is 0 Å². The molecule has 148 valence electrons. The van der Waals surface area contributed by atoms with Crippen LogP contribution in [0, 0.1) is 0 Å². The van der Waals surface area contributed by atoms with Crippen LogP contribution in [0.2, 0.25) is 10.0 Å². The van der Waals surface area contributed by atoms with E-state index in [-0.39, 0.29) is 43.4 Å². The summed E-state index contributed by atoms with van der Waals surface area (Å²) in [4.78, 5) is 31.9. The van der Waals surface area contributed by atoms with Crippen molar-refractivity contribution in [2.75, 3.05) is 0 Å². The Kier molecular flexibility index (Phi) is 4.48. The molecule has 0 saturated heterocycles. The first-order valence-corrected chi connectivity index (χ1v) is 9.86. The van der Waals surface area contributed by atoms with Crippen LogP contribution in [0.1, 0.15) is 20.7 Å². The second kappa shape index (κ2) is 6.96. The van der Waals surface area contributed by atoms with Crippen molar-refractivity contribution in [3.05, 3.63) is 68.3 Å². The first-order chi connectivity index (χ1) is 14.3. The maximum Gasteiger partial charge on any atom is 0.252 e. The summed E-state index contributed by atoms with van der Waals surface area (Å²) in [5, 5.41) is -0.496. The summed E-state index contributed by atoms with van der Waals surface area (Å²) in [5.41, 5.74) is 1.37. The number of halogens is 4. The predicted molar refractivity (Wildman–Crippen MR) is 111 cm³/mol. The molecule has 6 nitrogen and oxygen atoms in total. The maximum absolute atomic E-state index is 11.4. The lowest BCUT2D eigenvalue weighted by Gasteiger charge is -2.21. The van der Waals surface area contributed by atoms with Crippen molar-refractivity contribution in [3.8, 4) is 23.0 Å². The van der Waals surface area contributed by atoms with Crippen LogP contribution in [0.5, 0.6) is 23.0 Å². The van der Waals surface area contributed by atoms with Gasteiger partial charge in [0.2, 0.25) is 0 Å². The monoisotopic (exact) mass is 478 g/mol. The lowest BCUT2D eigenvalue weighted by Crippen LogP contribution is -2.22. The van der Waals surface area contributed by atoms with Crippen LogP contribution in [-0.2, 0) is 0 Å². The summed E-state index contributed by atoms with van der Waals surface area (Å²) in [6, 6.07) is 9.13. The zero-order valence-electron chi connectivity index (χ0n) is 14.5. The number of nitrogens with zero attached hydrogens (tertiary/aromatic N) is 2. The van der Waals surface area contributed by atoms with Crippen LogP contribution in [-0.4, -0.2) is 10.5 Å². The smallest absolute Gasteiger partial charge is 0.252 e. The zero-order chi connectivity index (χ0) is 21.2. The topological polar surface area (TPSA) is 77.3 Å². The molecule has 10 heteroatoms. The van der Waals surface area contributed by atoms with Gasteiger partial charge in [-0.3, -0.25) is 9.59 Å². The van der Waals surface area contributed by atoms with Gasteiger partial charge in [0.15, 0.2) is 23.0 Å². The maximum atomic E-state index is 11.4. The third kappa shape index (κ3) is 2.96. The molecule has 0 unspecified atom stereocenters. The Hall–Kier alpha value is -2.64. The van der Waals surface area contributed by atoms with Crippen LogP contribution in [0.3, 0.4) is 0 Å². The number of carbonyl (C=O) groups is 2. The van der Waals surface area contributed by atoms with Crippen LogP contribution in [0.4, 0.5) is 11.4 Å². The van der Waals surface area contributed by atoms with E-state index in [2.05, 4.69) is 9.98 Å². The molecule has 0 fully saturated rings. The summed E-state index contributed by atoms with van der Waals surface area (Å²) in [6.07, 6.45) is 0. The van der Waals surface area contributed by atoms with Gasteiger partial charge >= 0.3 is 0 Å². The van der Waals surface area contributed by atoms with Gasteiger partial charge in [0.1, 0.15) is 32.1 Å². The Bertz CT molecular complexity index is 1330. The van der Waals surface area contributed by atoms with Crippen molar-refractivity contribution in [2.24, 2.45) is 9.98 Å². The van der Waals surface area contributed by atoms with Crippen molar-refractivity contribution >= 4 is 68.3 Å². The molecule has 0 saturated carbocycles. The Morgan fingerprint density at radius 3 is 1.47 bits per heavy atom. The normalized spacial score (nSPS) is 12.7. The molecule has 3 aromatic rings. The van der Waals surface area contributed by atoms with Crippen molar-refractivity contribution in [1.29, 1.82) is 0 Å². The van der Waals surface area contributed by atoms with Gasteiger partial charge in [-0.2, -0.15) is 0 Å². The first-order valence-electron chi connectivity index (χ1n) is 8.35. The second-order valence-corrected chi connectivity index (χ2v) is 7.77. The second-order valence-electron chi connectivity index (χ2n) is 6.32. The van der Waals surface area contributed by atoms with Crippen molar-refractivity contribution in [2.45, 2.75) is 0 Å². The van der Waals surface area contributed by atoms with Gasteiger partial charge in [-0.05, 0) is 59.6 Å². The number of fused-ring (bicyclic) bond motifs is 4. The molecule has 2 aliphatic heterocycles. The molecule has 0 amide bonds. The molecule has 0 spiro atoms. The molecule has 0 atom stereocenters. The molecule has 2 aliphatic rings. The van der Waals surface area contributed by atoms with Gasteiger partial charge in [-0.1, -0.05) is 23.2 Å². The summed E-state index contributed by atoms with van der Waals surface area (Å²) >= 11 is 24.2. The fourth-order valence-corrected chi connectivity index (χ4v) is 3.84. The van der Waals surface area contributed by atoms with Gasteiger partial charge in [-0.25, -0.2) is 9.98 Å². The molecular formula is C20H6Cl4N2O4. The molecular weight excluding hydrogens is 474 g/mol. The van der Waals surface area contributed by atoms with Gasteiger partial charge in [0.25, 0.3) is 10.5 Å². The van der Waals surface area contributed by atoms with Crippen LogP contribution in [0.25, 0.3) is 0 Å². The molecule has 0 radical (unpaired) electrons. The molecule has 0 aromatic heterocycles. The molecule has 3 aromatic carbocycles. The Morgan fingerprint density at radius 1 is 0.700 bits per heavy atom. The van der Waals surface area contributed by atoms with Gasteiger partial charge in [-0.15, -0.1) is 0 Å².